The van der Waals surface area contributed by atoms with Gasteiger partial charge in [-0.25, -0.2) is 0 Å². The van der Waals surface area contributed by atoms with Gasteiger partial charge in [-0.15, -0.1) is 0 Å². The van der Waals surface area contributed by atoms with Crippen molar-refractivity contribution in [3.8, 4) is 17.5 Å². The normalized spacial score (nSPS) is 15.0. The molecule has 2 heterocycles. The number of aromatic nitrogens is 2. The van der Waals surface area contributed by atoms with Gasteiger partial charge in [-0.3, -0.25) is 4.90 Å². The van der Waals surface area contributed by atoms with E-state index in [9.17, 15) is 0 Å². The fraction of sp³-hybridized carbons (Fsp3) is 0.524. The molecule has 0 aliphatic carbocycles. The summed E-state index contributed by atoms with van der Waals surface area (Å²) < 4.78 is 15.9. The predicted octanol–water partition coefficient (Wildman–Crippen LogP) is 3.01. The highest BCUT2D eigenvalue weighted by Gasteiger charge is 2.21. The maximum atomic E-state index is 5.43. The van der Waals surface area contributed by atoms with Crippen LogP contribution < -0.4 is 24.8 Å². The molecule has 2 aromatic rings. The van der Waals surface area contributed by atoms with Crippen molar-refractivity contribution in [2.45, 2.75) is 32.4 Å². The topological polar surface area (TPSA) is 80.8 Å². The van der Waals surface area contributed by atoms with Crippen molar-refractivity contribution in [2.24, 2.45) is 0 Å². The Kier molecular flexibility index (Phi) is 7.35. The number of rotatable bonds is 9. The van der Waals surface area contributed by atoms with E-state index in [-0.39, 0.29) is 0 Å². The summed E-state index contributed by atoms with van der Waals surface area (Å²) in [6.07, 6.45) is 2.05. The lowest BCUT2D eigenvalue weighted by atomic mass is 10.0. The summed E-state index contributed by atoms with van der Waals surface area (Å²) in [7, 11) is 4.88. The van der Waals surface area contributed by atoms with Crippen LogP contribution in [0.15, 0.2) is 24.3 Å². The Morgan fingerprint density at radius 3 is 2.28 bits per heavy atom. The molecule has 8 nitrogen and oxygen atoms in total. The summed E-state index contributed by atoms with van der Waals surface area (Å²) in [6.45, 7) is 5.92. The molecular formula is C21H31N5O3. The molecule has 8 heteroatoms. The van der Waals surface area contributed by atoms with Crippen LogP contribution in [0.2, 0.25) is 0 Å². The number of benzene rings is 1. The number of likely N-dealkylation sites (tertiary alicyclic amines) is 1. The molecule has 1 aromatic heterocycles. The van der Waals surface area contributed by atoms with Crippen LogP contribution in [-0.4, -0.2) is 61.9 Å². The molecule has 1 aliphatic rings. The van der Waals surface area contributed by atoms with Crippen LogP contribution >= 0.6 is 0 Å². The van der Waals surface area contributed by atoms with E-state index in [0.717, 1.165) is 50.5 Å². The molecule has 0 unspecified atom stereocenters. The fourth-order valence-corrected chi connectivity index (χ4v) is 3.54. The van der Waals surface area contributed by atoms with Gasteiger partial charge in [-0.1, -0.05) is 6.07 Å². The summed E-state index contributed by atoms with van der Waals surface area (Å²) in [5.41, 5.74) is 2.34. The number of hydrogen-bond acceptors (Lipinski definition) is 8. The number of nitrogens with zero attached hydrogens (tertiary/aromatic N) is 3. The predicted molar refractivity (Wildman–Crippen MR) is 114 cm³/mol. The Bertz CT molecular complexity index is 772. The minimum absolute atomic E-state index is 0.330. The third-order valence-corrected chi connectivity index (χ3v) is 5.06. The Labute approximate surface area is 172 Å². The molecular weight excluding hydrogens is 370 g/mol. The highest BCUT2D eigenvalue weighted by atomic mass is 16.5. The molecule has 3 rings (SSSR count). The van der Waals surface area contributed by atoms with Crippen molar-refractivity contribution in [3.05, 3.63) is 29.8 Å². The highest BCUT2D eigenvalue weighted by molar-refractivity contribution is 5.58. The molecule has 0 bridgehead atoms. The number of piperidine rings is 1. The summed E-state index contributed by atoms with van der Waals surface area (Å²) in [5.74, 6) is 2.41. The van der Waals surface area contributed by atoms with Gasteiger partial charge in [0.2, 0.25) is 17.7 Å². The second-order valence-corrected chi connectivity index (χ2v) is 7.04. The first kappa shape index (κ1) is 21.0. The zero-order chi connectivity index (χ0) is 20.6. The number of nitrogens with one attached hydrogen (secondary N) is 2. The van der Waals surface area contributed by atoms with E-state index >= 15 is 0 Å². The molecule has 0 radical (unpaired) electrons. The van der Waals surface area contributed by atoms with E-state index in [1.54, 1.807) is 27.4 Å². The van der Waals surface area contributed by atoms with Crippen LogP contribution in [0, 0.1) is 0 Å². The zero-order valence-electron chi connectivity index (χ0n) is 17.7. The lowest BCUT2D eigenvalue weighted by Gasteiger charge is -2.32. The van der Waals surface area contributed by atoms with Gasteiger partial charge in [-0.2, -0.15) is 9.97 Å². The first-order valence-electron chi connectivity index (χ1n) is 10.0. The number of anilines is 2. The largest absolute Gasteiger partial charge is 0.495 e. The average Bonchev–Trinajstić information content (AvgIpc) is 2.75. The van der Waals surface area contributed by atoms with Crippen LogP contribution in [-0.2, 0) is 6.54 Å². The molecule has 1 aromatic carbocycles. The Hall–Kier alpha value is -2.74. The van der Waals surface area contributed by atoms with Crippen LogP contribution in [0.4, 0.5) is 11.6 Å². The van der Waals surface area contributed by atoms with E-state index in [2.05, 4.69) is 44.6 Å². The molecule has 0 saturated carbocycles. The van der Waals surface area contributed by atoms with Gasteiger partial charge in [0.1, 0.15) is 5.75 Å². The highest BCUT2D eigenvalue weighted by Crippen LogP contribution is 2.27. The van der Waals surface area contributed by atoms with Crippen LogP contribution in [0.5, 0.6) is 17.5 Å². The smallest absolute Gasteiger partial charge is 0.229 e. The molecule has 2 N–H and O–H groups in total. The van der Waals surface area contributed by atoms with Gasteiger partial charge in [-0.05, 0) is 37.5 Å². The first-order chi connectivity index (χ1) is 14.1. The van der Waals surface area contributed by atoms with E-state index < -0.39 is 0 Å². The molecule has 0 atom stereocenters. The summed E-state index contributed by atoms with van der Waals surface area (Å²) in [4.78, 5) is 11.2. The van der Waals surface area contributed by atoms with E-state index in [0.29, 0.717) is 23.8 Å². The molecule has 1 fully saturated rings. The first-order valence-corrected chi connectivity index (χ1v) is 10.0. The van der Waals surface area contributed by atoms with E-state index in [4.69, 9.17) is 14.2 Å². The van der Waals surface area contributed by atoms with Gasteiger partial charge in [0.15, 0.2) is 0 Å². The van der Waals surface area contributed by atoms with Crippen molar-refractivity contribution in [1.29, 1.82) is 0 Å². The molecule has 0 spiro atoms. The van der Waals surface area contributed by atoms with Gasteiger partial charge in [0, 0.05) is 32.2 Å². The maximum absolute atomic E-state index is 5.43. The standard InChI is InChI=1S/C21H31N5O3/c1-5-22-17-12-15(6-7-18(17)27-2)14-26-10-8-16(9-11-26)23-21-24-19(28-3)13-20(25-21)29-4/h6-7,12-13,16,22H,5,8-11,14H2,1-4H3,(H,23,24,25). The summed E-state index contributed by atoms with van der Waals surface area (Å²) in [6, 6.07) is 8.36. The molecule has 1 aliphatic heterocycles. The molecule has 1 saturated heterocycles. The quantitative estimate of drug-likeness (QED) is 0.664. The van der Waals surface area contributed by atoms with Crippen molar-refractivity contribution in [1.82, 2.24) is 14.9 Å². The number of hydrogen-bond donors (Lipinski definition) is 2. The van der Waals surface area contributed by atoms with Crippen molar-refractivity contribution < 1.29 is 14.2 Å². The summed E-state index contributed by atoms with van der Waals surface area (Å²) >= 11 is 0. The monoisotopic (exact) mass is 401 g/mol. The third kappa shape index (κ3) is 5.63. The Balaban J connectivity index is 1.55. The van der Waals surface area contributed by atoms with Crippen molar-refractivity contribution in [3.63, 3.8) is 0 Å². The second kappa shape index (κ2) is 10.2. The van der Waals surface area contributed by atoms with Gasteiger partial charge in [0.05, 0.1) is 33.1 Å². The van der Waals surface area contributed by atoms with E-state index in [1.165, 1.54) is 5.56 Å². The third-order valence-electron chi connectivity index (χ3n) is 5.06. The van der Waals surface area contributed by atoms with Crippen LogP contribution in [0.25, 0.3) is 0 Å². The van der Waals surface area contributed by atoms with E-state index in [1.807, 2.05) is 6.07 Å². The number of ether oxygens (including phenoxy) is 3. The minimum atomic E-state index is 0.330. The Morgan fingerprint density at radius 2 is 1.69 bits per heavy atom. The van der Waals surface area contributed by atoms with Crippen molar-refractivity contribution in [2.75, 3.05) is 51.6 Å². The van der Waals surface area contributed by atoms with Gasteiger partial charge >= 0.3 is 0 Å². The molecule has 29 heavy (non-hydrogen) atoms. The summed E-state index contributed by atoms with van der Waals surface area (Å²) in [5, 5.41) is 6.79. The lowest BCUT2D eigenvalue weighted by Crippen LogP contribution is -2.39. The second-order valence-electron chi connectivity index (χ2n) is 7.04. The maximum Gasteiger partial charge on any atom is 0.229 e. The van der Waals surface area contributed by atoms with Gasteiger partial charge < -0.3 is 24.8 Å². The van der Waals surface area contributed by atoms with Crippen LogP contribution in [0.3, 0.4) is 0 Å². The fourth-order valence-electron chi connectivity index (χ4n) is 3.54. The SMILES string of the molecule is CCNc1cc(CN2CCC(Nc3nc(OC)cc(OC)n3)CC2)ccc1OC. The number of methoxy groups -OCH3 is 3. The zero-order valence-corrected chi connectivity index (χ0v) is 17.7. The molecule has 158 valence electrons. The lowest BCUT2D eigenvalue weighted by molar-refractivity contribution is 0.211. The average molecular weight is 402 g/mol. The minimum Gasteiger partial charge on any atom is -0.495 e. The van der Waals surface area contributed by atoms with Crippen molar-refractivity contribution >= 4 is 11.6 Å². The molecule has 0 amide bonds. The van der Waals surface area contributed by atoms with Gasteiger partial charge in [0.25, 0.3) is 0 Å². The Morgan fingerprint density at radius 1 is 1.00 bits per heavy atom. The van der Waals surface area contributed by atoms with Crippen LogP contribution in [0.1, 0.15) is 25.3 Å².